The highest BCUT2D eigenvalue weighted by atomic mass is 79.9. The fourth-order valence-electron chi connectivity index (χ4n) is 6.01. The molecule has 6 nitrogen and oxygen atoms in total. The zero-order valence-corrected chi connectivity index (χ0v) is 28.8. The van der Waals surface area contributed by atoms with Crippen LogP contribution in [0, 0.1) is 0 Å². The SMILES string of the molecule is COc1ccc([C@@H]2C3=C(N=c4s/c(=C\c5cc(Br)c(OCc6ccc(Cl)cc6Cl)c(OC)c5)c(=O)n42)c2ccccc2CC3)cc1. The second-order valence-electron chi connectivity index (χ2n) is 10.9. The summed E-state index contributed by atoms with van der Waals surface area (Å²) in [7, 11) is 3.23. The third-order valence-corrected chi connectivity index (χ3v) is 10.4. The standard InChI is InChI=1S/C36H27BrCl2N2O4S/c1-43-25-12-8-22(9-13-25)33-27-14-10-21-5-3-4-6-26(21)32(27)40-36-41(33)35(42)31(46-36)17-20-15-28(37)34(30(16-20)44-2)45-19-23-7-11-24(38)18-29(23)39/h3-9,11-13,15-18,33H,10,14,19H2,1-2H3/b31-17-/t33-/m1/s1. The zero-order chi connectivity index (χ0) is 31.9. The zero-order valence-electron chi connectivity index (χ0n) is 24.9. The van der Waals surface area contributed by atoms with E-state index in [9.17, 15) is 4.79 Å². The van der Waals surface area contributed by atoms with Gasteiger partial charge in [0.15, 0.2) is 16.3 Å². The van der Waals surface area contributed by atoms with Crippen LogP contribution in [0.5, 0.6) is 17.2 Å². The van der Waals surface area contributed by atoms with E-state index in [-0.39, 0.29) is 18.2 Å². The average molecular weight is 734 g/mol. The topological polar surface area (TPSA) is 62.0 Å². The molecule has 46 heavy (non-hydrogen) atoms. The lowest BCUT2D eigenvalue weighted by Crippen LogP contribution is -2.38. The number of thiazole rings is 1. The van der Waals surface area contributed by atoms with Gasteiger partial charge in [0, 0.05) is 21.2 Å². The molecule has 0 saturated heterocycles. The predicted octanol–water partition coefficient (Wildman–Crippen LogP) is 7.98. The monoisotopic (exact) mass is 732 g/mol. The van der Waals surface area contributed by atoms with Gasteiger partial charge >= 0.3 is 0 Å². The fourth-order valence-corrected chi connectivity index (χ4v) is 8.05. The first-order valence-electron chi connectivity index (χ1n) is 14.6. The van der Waals surface area contributed by atoms with Crippen molar-refractivity contribution in [1.82, 2.24) is 4.57 Å². The number of ether oxygens (including phenoxy) is 3. The Morgan fingerprint density at radius 2 is 1.80 bits per heavy atom. The van der Waals surface area contributed by atoms with Crippen LogP contribution in [-0.2, 0) is 13.0 Å². The van der Waals surface area contributed by atoms with Crippen LogP contribution in [0.4, 0.5) is 0 Å². The Balaban J connectivity index is 1.31. The minimum atomic E-state index is -0.274. The summed E-state index contributed by atoms with van der Waals surface area (Å²) in [4.78, 5) is 20.0. The molecule has 4 aromatic carbocycles. The number of nitrogens with zero attached hydrogens (tertiary/aromatic N) is 2. The molecule has 2 aliphatic rings. The Labute approximate surface area is 287 Å². The van der Waals surface area contributed by atoms with Gasteiger partial charge < -0.3 is 14.2 Å². The maximum absolute atomic E-state index is 14.2. The number of aryl methyl sites for hydroxylation is 1. The first-order valence-corrected chi connectivity index (χ1v) is 16.9. The highest BCUT2D eigenvalue weighted by Crippen LogP contribution is 2.42. The number of hydrogen-bond donors (Lipinski definition) is 0. The predicted molar refractivity (Wildman–Crippen MR) is 187 cm³/mol. The van der Waals surface area contributed by atoms with Crippen molar-refractivity contribution in [2.45, 2.75) is 25.5 Å². The first kappa shape index (κ1) is 30.8. The van der Waals surface area contributed by atoms with E-state index in [0.29, 0.717) is 35.4 Å². The van der Waals surface area contributed by atoms with Crippen LogP contribution in [0.3, 0.4) is 0 Å². The van der Waals surface area contributed by atoms with Crippen LogP contribution in [0.2, 0.25) is 10.0 Å². The molecule has 0 fully saturated rings. The largest absolute Gasteiger partial charge is 0.497 e. The summed E-state index contributed by atoms with van der Waals surface area (Å²) in [5.74, 6) is 1.81. The van der Waals surface area contributed by atoms with Crippen molar-refractivity contribution in [3.05, 3.63) is 146 Å². The lowest BCUT2D eigenvalue weighted by Gasteiger charge is -2.30. The van der Waals surface area contributed by atoms with Gasteiger partial charge in [-0.15, -0.1) is 0 Å². The molecule has 1 atom stereocenters. The molecule has 1 aromatic heterocycles. The molecular weight excluding hydrogens is 707 g/mol. The van der Waals surface area contributed by atoms with Crippen molar-refractivity contribution >= 4 is 62.2 Å². The number of aromatic nitrogens is 1. The van der Waals surface area contributed by atoms with Gasteiger partial charge in [-0.25, -0.2) is 4.99 Å². The Hall–Kier alpha value is -3.82. The number of benzene rings is 4. The molecule has 1 aliphatic carbocycles. The molecule has 2 heterocycles. The van der Waals surface area contributed by atoms with Gasteiger partial charge in [-0.3, -0.25) is 9.36 Å². The average Bonchev–Trinajstić information content (AvgIpc) is 3.37. The second-order valence-corrected chi connectivity index (χ2v) is 13.7. The van der Waals surface area contributed by atoms with Crippen LogP contribution < -0.4 is 29.1 Å². The number of fused-ring (bicyclic) bond motifs is 3. The van der Waals surface area contributed by atoms with Crippen molar-refractivity contribution < 1.29 is 14.2 Å². The van der Waals surface area contributed by atoms with E-state index in [0.717, 1.165) is 52.1 Å². The lowest BCUT2D eigenvalue weighted by atomic mass is 9.83. The van der Waals surface area contributed by atoms with Crippen molar-refractivity contribution in [3.63, 3.8) is 0 Å². The van der Waals surface area contributed by atoms with Crippen LogP contribution in [-0.4, -0.2) is 18.8 Å². The summed E-state index contributed by atoms with van der Waals surface area (Å²) in [6.45, 7) is 0.224. The molecule has 0 unspecified atom stereocenters. The number of methoxy groups -OCH3 is 2. The molecule has 0 amide bonds. The number of rotatable bonds is 7. The number of halogens is 3. The van der Waals surface area contributed by atoms with E-state index < -0.39 is 0 Å². The Bertz CT molecular complexity index is 2210. The van der Waals surface area contributed by atoms with Crippen LogP contribution in [0.15, 0.2) is 98.7 Å². The summed E-state index contributed by atoms with van der Waals surface area (Å²) in [6.07, 6.45) is 3.59. The van der Waals surface area contributed by atoms with E-state index in [1.165, 1.54) is 16.9 Å². The normalized spacial score (nSPS) is 15.5. The highest BCUT2D eigenvalue weighted by molar-refractivity contribution is 9.10. The quantitative estimate of drug-likeness (QED) is 0.170. The molecule has 0 N–H and O–H groups in total. The van der Waals surface area contributed by atoms with E-state index in [1.54, 1.807) is 26.4 Å². The van der Waals surface area contributed by atoms with Gasteiger partial charge in [0.25, 0.3) is 5.56 Å². The fraction of sp³-hybridized carbons (Fsp3) is 0.167. The highest BCUT2D eigenvalue weighted by Gasteiger charge is 2.32. The van der Waals surface area contributed by atoms with Gasteiger partial charge in [-0.1, -0.05) is 77.0 Å². The Morgan fingerprint density at radius 3 is 2.57 bits per heavy atom. The van der Waals surface area contributed by atoms with E-state index in [2.05, 4.69) is 34.1 Å². The Kier molecular flexibility index (Phi) is 8.55. The van der Waals surface area contributed by atoms with Gasteiger partial charge in [-0.05, 0) is 93.5 Å². The van der Waals surface area contributed by atoms with Gasteiger partial charge in [0.05, 0.1) is 35.0 Å². The van der Waals surface area contributed by atoms with Gasteiger partial charge in [0.2, 0.25) is 0 Å². The summed E-state index contributed by atoms with van der Waals surface area (Å²) >= 11 is 17.4. The molecule has 1 aliphatic heterocycles. The van der Waals surface area contributed by atoms with E-state index in [1.807, 2.05) is 59.2 Å². The van der Waals surface area contributed by atoms with Gasteiger partial charge in [-0.2, -0.15) is 0 Å². The van der Waals surface area contributed by atoms with Crippen molar-refractivity contribution in [1.29, 1.82) is 0 Å². The molecular formula is C36H27BrCl2N2O4S. The maximum atomic E-state index is 14.2. The van der Waals surface area contributed by atoms with Crippen molar-refractivity contribution in [2.75, 3.05) is 14.2 Å². The summed E-state index contributed by atoms with van der Waals surface area (Å²) in [5, 5.41) is 1.08. The number of allylic oxidation sites excluding steroid dienone is 1. The van der Waals surface area contributed by atoms with Crippen LogP contribution in [0.25, 0.3) is 11.8 Å². The van der Waals surface area contributed by atoms with Gasteiger partial charge in [0.1, 0.15) is 12.4 Å². The molecule has 0 saturated carbocycles. The molecule has 5 aromatic rings. The minimum Gasteiger partial charge on any atom is -0.497 e. The molecule has 0 spiro atoms. The molecule has 0 radical (unpaired) electrons. The summed E-state index contributed by atoms with van der Waals surface area (Å²) in [6, 6.07) is 25.1. The third kappa shape index (κ3) is 5.68. The van der Waals surface area contributed by atoms with Crippen LogP contribution in [0.1, 0.15) is 40.3 Å². The van der Waals surface area contributed by atoms with Crippen molar-refractivity contribution in [2.24, 2.45) is 4.99 Å². The van der Waals surface area contributed by atoms with Crippen molar-refractivity contribution in [3.8, 4) is 17.2 Å². The first-order chi connectivity index (χ1) is 22.3. The van der Waals surface area contributed by atoms with E-state index in [4.69, 9.17) is 42.4 Å². The molecule has 10 heteroatoms. The lowest BCUT2D eigenvalue weighted by molar-refractivity contribution is 0.282. The summed E-state index contributed by atoms with van der Waals surface area (Å²) < 4.78 is 20.3. The minimum absolute atomic E-state index is 0.0947. The maximum Gasteiger partial charge on any atom is 0.271 e. The third-order valence-electron chi connectivity index (χ3n) is 8.24. The molecule has 7 rings (SSSR count). The van der Waals surface area contributed by atoms with E-state index >= 15 is 0 Å². The summed E-state index contributed by atoms with van der Waals surface area (Å²) in [5.41, 5.74) is 7.00. The van der Waals surface area contributed by atoms with Crippen LogP contribution >= 0.6 is 50.5 Å². The molecule has 0 bridgehead atoms. The Morgan fingerprint density at radius 1 is 1.00 bits per heavy atom. The smallest absolute Gasteiger partial charge is 0.271 e. The second kappa shape index (κ2) is 12.8. The molecule has 232 valence electrons. The number of hydrogen-bond acceptors (Lipinski definition) is 6.